The summed E-state index contributed by atoms with van der Waals surface area (Å²) in [5.41, 5.74) is 1.38. The molecule has 0 spiro atoms. The molecule has 0 aromatic heterocycles. The van der Waals surface area contributed by atoms with Crippen LogP contribution in [0.2, 0.25) is 0 Å². The molecule has 3 nitrogen and oxygen atoms in total. The molecule has 4 aliphatic carbocycles. The topological polar surface area (TPSA) is 54.4 Å². The van der Waals surface area contributed by atoms with Gasteiger partial charge in [0.1, 0.15) is 6.61 Å². The number of Topliss-reactive ketones (excluding diaryl/α,β-unsaturated/α-hetero) is 1. The maximum atomic E-state index is 12.2. The second-order valence-electron chi connectivity index (χ2n) is 8.93. The molecule has 24 heavy (non-hydrogen) atoms. The molecule has 6 unspecified atom stereocenters. The Bertz CT molecular complexity index is 645. The van der Waals surface area contributed by atoms with E-state index in [2.05, 4.69) is 26.0 Å². The molecular weight excluding hydrogens is 300 g/mol. The predicted molar refractivity (Wildman–Crippen MR) is 92.2 cm³/mol. The average Bonchev–Trinajstić information content (AvgIpc) is 2.92. The van der Waals surface area contributed by atoms with E-state index in [1.54, 1.807) is 0 Å². The molecule has 0 aromatic carbocycles. The van der Waals surface area contributed by atoms with Crippen molar-refractivity contribution < 1.29 is 14.7 Å². The number of allylic oxidation sites excluding steroid dienone is 4. The van der Waals surface area contributed by atoms with Gasteiger partial charge >= 0.3 is 0 Å². The molecule has 2 saturated carbocycles. The van der Waals surface area contributed by atoms with Crippen molar-refractivity contribution in [3.63, 3.8) is 0 Å². The second kappa shape index (κ2) is 5.39. The second-order valence-corrected chi connectivity index (χ2v) is 8.93. The third-order valence-corrected chi connectivity index (χ3v) is 8.06. The van der Waals surface area contributed by atoms with Gasteiger partial charge < -0.3 is 5.11 Å². The summed E-state index contributed by atoms with van der Waals surface area (Å²) in [6.07, 6.45) is 12.3. The van der Waals surface area contributed by atoms with Gasteiger partial charge in [0.15, 0.2) is 11.6 Å². The first-order chi connectivity index (χ1) is 11.4. The summed E-state index contributed by atoms with van der Waals surface area (Å²) in [6, 6.07) is 0. The summed E-state index contributed by atoms with van der Waals surface area (Å²) in [5, 5.41) is 9.35. The van der Waals surface area contributed by atoms with Crippen LogP contribution in [0.3, 0.4) is 0 Å². The van der Waals surface area contributed by atoms with Gasteiger partial charge in [-0.1, -0.05) is 26.0 Å². The van der Waals surface area contributed by atoms with Gasteiger partial charge in [0.25, 0.3) is 0 Å². The van der Waals surface area contributed by atoms with Crippen molar-refractivity contribution in [2.45, 2.75) is 52.4 Å². The molecule has 4 aliphatic rings. The van der Waals surface area contributed by atoms with E-state index in [1.807, 2.05) is 6.08 Å². The Balaban J connectivity index is 1.70. The van der Waals surface area contributed by atoms with E-state index in [1.165, 1.54) is 5.57 Å². The summed E-state index contributed by atoms with van der Waals surface area (Å²) in [4.78, 5) is 24.1. The van der Waals surface area contributed by atoms with Crippen LogP contribution in [0, 0.1) is 34.5 Å². The van der Waals surface area contributed by atoms with Crippen LogP contribution >= 0.6 is 0 Å². The lowest BCUT2D eigenvalue weighted by molar-refractivity contribution is -0.131. The standard InChI is InChI=1S/C21H28O3/c1-20-9-7-14(23)11-13(20)3-4-15-16-5-6-18(19(24)12-22)21(16,2)10-8-17(15)20/h3-4,11,15-18,22H,5-10,12H2,1-2H3. The van der Waals surface area contributed by atoms with E-state index < -0.39 is 0 Å². The Kier molecular flexibility index (Phi) is 3.65. The summed E-state index contributed by atoms with van der Waals surface area (Å²) in [6.45, 7) is 4.31. The maximum absolute atomic E-state index is 12.2. The predicted octanol–water partition coefficient (Wildman–Crippen LogP) is 3.47. The third kappa shape index (κ3) is 2.06. The number of rotatable bonds is 2. The van der Waals surface area contributed by atoms with Gasteiger partial charge in [-0.05, 0) is 72.3 Å². The number of ketones is 2. The largest absolute Gasteiger partial charge is 0.389 e. The lowest BCUT2D eigenvalue weighted by Gasteiger charge is -2.55. The van der Waals surface area contributed by atoms with Crippen molar-refractivity contribution in [2.24, 2.45) is 34.5 Å². The first kappa shape index (κ1) is 16.3. The van der Waals surface area contributed by atoms with Crippen molar-refractivity contribution in [2.75, 3.05) is 6.61 Å². The quantitative estimate of drug-likeness (QED) is 0.844. The Hall–Kier alpha value is -1.22. The van der Waals surface area contributed by atoms with E-state index in [9.17, 15) is 14.7 Å². The minimum absolute atomic E-state index is 0.0273. The number of hydrogen-bond donors (Lipinski definition) is 1. The summed E-state index contributed by atoms with van der Waals surface area (Å²) < 4.78 is 0. The molecule has 0 aromatic rings. The molecule has 0 radical (unpaired) electrons. The van der Waals surface area contributed by atoms with Gasteiger partial charge in [-0.2, -0.15) is 0 Å². The van der Waals surface area contributed by atoms with E-state index in [-0.39, 0.29) is 34.9 Å². The maximum Gasteiger partial charge on any atom is 0.161 e. The van der Waals surface area contributed by atoms with Gasteiger partial charge in [-0.15, -0.1) is 0 Å². The van der Waals surface area contributed by atoms with Crippen LogP contribution in [0.15, 0.2) is 23.8 Å². The Morgan fingerprint density at radius 2 is 2.00 bits per heavy atom. The van der Waals surface area contributed by atoms with Crippen molar-refractivity contribution in [3.8, 4) is 0 Å². The van der Waals surface area contributed by atoms with Crippen LogP contribution in [0.25, 0.3) is 0 Å². The lowest BCUT2D eigenvalue weighted by Crippen LogP contribution is -2.49. The average molecular weight is 328 g/mol. The number of aliphatic hydroxyl groups is 1. The molecule has 130 valence electrons. The fourth-order valence-electron chi connectivity index (χ4n) is 6.64. The van der Waals surface area contributed by atoms with E-state index in [0.29, 0.717) is 24.2 Å². The van der Waals surface area contributed by atoms with Crippen LogP contribution < -0.4 is 0 Å². The highest BCUT2D eigenvalue weighted by Gasteiger charge is 2.59. The summed E-state index contributed by atoms with van der Waals surface area (Å²) >= 11 is 0. The van der Waals surface area contributed by atoms with Crippen LogP contribution in [0.5, 0.6) is 0 Å². The van der Waals surface area contributed by atoms with E-state index in [0.717, 1.165) is 32.1 Å². The molecule has 1 N–H and O–H groups in total. The lowest BCUT2D eigenvalue weighted by atomic mass is 9.48. The van der Waals surface area contributed by atoms with Crippen LogP contribution in [-0.4, -0.2) is 23.3 Å². The zero-order chi connectivity index (χ0) is 17.1. The van der Waals surface area contributed by atoms with Crippen LogP contribution in [0.1, 0.15) is 52.4 Å². The number of carbonyl (C=O) groups excluding carboxylic acids is 2. The molecule has 0 saturated heterocycles. The molecule has 3 heteroatoms. The zero-order valence-corrected chi connectivity index (χ0v) is 14.8. The van der Waals surface area contributed by atoms with Crippen molar-refractivity contribution in [3.05, 3.63) is 23.8 Å². The van der Waals surface area contributed by atoms with Gasteiger partial charge in [-0.25, -0.2) is 0 Å². The smallest absolute Gasteiger partial charge is 0.161 e. The normalized spacial score (nSPS) is 46.8. The third-order valence-electron chi connectivity index (χ3n) is 8.06. The Labute approximate surface area is 144 Å². The van der Waals surface area contributed by atoms with Crippen molar-refractivity contribution in [1.29, 1.82) is 0 Å². The highest BCUT2D eigenvalue weighted by molar-refractivity contribution is 5.92. The van der Waals surface area contributed by atoms with E-state index >= 15 is 0 Å². The van der Waals surface area contributed by atoms with Crippen LogP contribution in [-0.2, 0) is 9.59 Å². The summed E-state index contributed by atoms with van der Waals surface area (Å²) in [7, 11) is 0. The van der Waals surface area contributed by atoms with Gasteiger partial charge in [0, 0.05) is 12.3 Å². The highest BCUT2D eigenvalue weighted by atomic mass is 16.3. The number of hydrogen-bond acceptors (Lipinski definition) is 3. The molecular formula is C21H28O3. The fourth-order valence-corrected chi connectivity index (χ4v) is 6.64. The molecule has 0 bridgehead atoms. The molecule has 2 fully saturated rings. The first-order valence-electron chi connectivity index (χ1n) is 9.47. The van der Waals surface area contributed by atoms with Gasteiger partial charge in [-0.3, -0.25) is 9.59 Å². The number of carbonyl (C=O) groups is 2. The zero-order valence-electron chi connectivity index (χ0n) is 14.8. The highest BCUT2D eigenvalue weighted by Crippen LogP contribution is 2.65. The van der Waals surface area contributed by atoms with Crippen LogP contribution in [0.4, 0.5) is 0 Å². The SMILES string of the molecule is CC12CCC(=O)C=C1C=CC1C2CCC2(C)C(C(=O)CO)CCC12. The van der Waals surface area contributed by atoms with Gasteiger partial charge in [0.05, 0.1) is 0 Å². The summed E-state index contributed by atoms with van der Waals surface area (Å²) in [5.74, 6) is 1.95. The molecule has 0 amide bonds. The number of fused-ring (bicyclic) bond motifs is 5. The first-order valence-corrected chi connectivity index (χ1v) is 9.47. The van der Waals surface area contributed by atoms with Crippen molar-refractivity contribution in [1.82, 2.24) is 0 Å². The Morgan fingerprint density at radius 3 is 2.75 bits per heavy atom. The molecule has 0 heterocycles. The minimum Gasteiger partial charge on any atom is -0.389 e. The molecule has 0 aliphatic heterocycles. The monoisotopic (exact) mass is 328 g/mol. The minimum atomic E-state index is -0.316. The Morgan fingerprint density at radius 1 is 1.21 bits per heavy atom. The molecule has 6 atom stereocenters. The molecule has 4 rings (SSSR count). The van der Waals surface area contributed by atoms with Crippen molar-refractivity contribution >= 4 is 11.6 Å². The van der Waals surface area contributed by atoms with E-state index in [4.69, 9.17) is 0 Å². The van der Waals surface area contributed by atoms with Gasteiger partial charge in [0.2, 0.25) is 0 Å². The number of aliphatic hydroxyl groups excluding tert-OH is 1. The fraction of sp³-hybridized carbons (Fsp3) is 0.714.